The maximum absolute atomic E-state index is 3.59. The Morgan fingerprint density at radius 1 is 0.857 bits per heavy atom. The fourth-order valence-electron chi connectivity index (χ4n) is 2.78. The van der Waals surface area contributed by atoms with Crippen molar-refractivity contribution in [3.63, 3.8) is 0 Å². The third-order valence-electron chi connectivity index (χ3n) is 4.15. The van der Waals surface area contributed by atoms with Gasteiger partial charge in [0.15, 0.2) is 0 Å². The van der Waals surface area contributed by atoms with Crippen LogP contribution < -0.4 is 5.32 Å². The molecule has 1 N–H and O–H groups in total. The van der Waals surface area contributed by atoms with Crippen molar-refractivity contribution in [3.05, 3.63) is 42.5 Å². The van der Waals surface area contributed by atoms with Gasteiger partial charge in [0.1, 0.15) is 0 Å². The molecule has 0 aliphatic rings. The molecule has 0 amide bonds. The lowest BCUT2D eigenvalue weighted by molar-refractivity contribution is 0.296. The zero-order chi connectivity index (χ0) is 14.9. The predicted octanol–water partition coefficient (Wildman–Crippen LogP) is 4.76. The SMILES string of the molecule is CCN(CC)CCCCCNc1cccc2ccccc12. The number of rotatable bonds is 9. The highest BCUT2D eigenvalue weighted by Crippen LogP contribution is 2.22. The van der Waals surface area contributed by atoms with Crippen molar-refractivity contribution in [2.24, 2.45) is 0 Å². The van der Waals surface area contributed by atoms with Crippen molar-refractivity contribution >= 4 is 16.5 Å². The predicted molar refractivity (Wildman–Crippen MR) is 94.1 cm³/mol. The third kappa shape index (κ3) is 4.75. The second-order valence-corrected chi connectivity index (χ2v) is 5.54. The average molecular weight is 284 g/mol. The number of nitrogens with one attached hydrogen (secondary N) is 1. The van der Waals surface area contributed by atoms with Crippen molar-refractivity contribution in [1.82, 2.24) is 4.90 Å². The van der Waals surface area contributed by atoms with E-state index in [0.29, 0.717) is 0 Å². The van der Waals surface area contributed by atoms with Gasteiger partial charge in [0, 0.05) is 17.6 Å². The van der Waals surface area contributed by atoms with Crippen molar-refractivity contribution in [1.29, 1.82) is 0 Å². The van der Waals surface area contributed by atoms with Gasteiger partial charge in [-0.3, -0.25) is 0 Å². The molecule has 0 aliphatic heterocycles. The minimum Gasteiger partial charge on any atom is -0.385 e. The molecule has 0 heterocycles. The Kier molecular flexibility index (Phi) is 6.55. The summed E-state index contributed by atoms with van der Waals surface area (Å²) in [5.74, 6) is 0. The molecule has 0 saturated heterocycles. The number of benzene rings is 2. The largest absolute Gasteiger partial charge is 0.385 e. The fraction of sp³-hybridized carbons (Fsp3) is 0.474. The average Bonchev–Trinajstić information content (AvgIpc) is 2.54. The van der Waals surface area contributed by atoms with E-state index in [9.17, 15) is 0 Å². The van der Waals surface area contributed by atoms with Gasteiger partial charge >= 0.3 is 0 Å². The number of unbranched alkanes of at least 4 members (excludes halogenated alkanes) is 2. The van der Waals surface area contributed by atoms with Gasteiger partial charge in [-0.1, -0.05) is 56.7 Å². The molecule has 0 aromatic heterocycles. The quantitative estimate of drug-likeness (QED) is 0.668. The first kappa shape index (κ1) is 15.8. The Hall–Kier alpha value is -1.54. The van der Waals surface area contributed by atoms with E-state index >= 15 is 0 Å². The molecule has 0 atom stereocenters. The van der Waals surface area contributed by atoms with Gasteiger partial charge in [-0.15, -0.1) is 0 Å². The van der Waals surface area contributed by atoms with E-state index in [4.69, 9.17) is 0 Å². The number of hydrogen-bond donors (Lipinski definition) is 1. The monoisotopic (exact) mass is 284 g/mol. The van der Waals surface area contributed by atoms with E-state index in [0.717, 1.165) is 6.54 Å². The molecule has 0 fully saturated rings. The number of hydrogen-bond acceptors (Lipinski definition) is 2. The van der Waals surface area contributed by atoms with Gasteiger partial charge in [-0.2, -0.15) is 0 Å². The molecule has 2 aromatic rings. The van der Waals surface area contributed by atoms with Gasteiger partial charge in [0.05, 0.1) is 0 Å². The van der Waals surface area contributed by atoms with Crippen LogP contribution in [0.25, 0.3) is 10.8 Å². The Labute approximate surface area is 129 Å². The summed E-state index contributed by atoms with van der Waals surface area (Å²) in [5, 5.41) is 6.22. The van der Waals surface area contributed by atoms with Crippen LogP contribution in [0, 0.1) is 0 Å². The molecular weight excluding hydrogens is 256 g/mol. The van der Waals surface area contributed by atoms with Gasteiger partial charge in [0.2, 0.25) is 0 Å². The first-order valence-corrected chi connectivity index (χ1v) is 8.29. The summed E-state index contributed by atoms with van der Waals surface area (Å²) < 4.78 is 0. The summed E-state index contributed by atoms with van der Waals surface area (Å²) >= 11 is 0. The smallest absolute Gasteiger partial charge is 0.0419 e. The fourth-order valence-corrected chi connectivity index (χ4v) is 2.78. The van der Waals surface area contributed by atoms with Crippen LogP contribution >= 0.6 is 0 Å². The Morgan fingerprint density at radius 2 is 1.62 bits per heavy atom. The highest BCUT2D eigenvalue weighted by molar-refractivity contribution is 5.93. The van der Waals surface area contributed by atoms with Gasteiger partial charge < -0.3 is 10.2 Å². The molecule has 0 aliphatic carbocycles. The van der Waals surface area contributed by atoms with Crippen molar-refractivity contribution < 1.29 is 0 Å². The van der Waals surface area contributed by atoms with Crippen molar-refractivity contribution in [2.75, 3.05) is 31.5 Å². The van der Waals surface area contributed by atoms with E-state index in [2.05, 4.69) is 66.5 Å². The zero-order valence-corrected chi connectivity index (χ0v) is 13.4. The summed E-state index contributed by atoms with van der Waals surface area (Å²) in [5.41, 5.74) is 1.26. The lowest BCUT2D eigenvalue weighted by Gasteiger charge is -2.17. The van der Waals surface area contributed by atoms with Crippen LogP contribution in [0.4, 0.5) is 5.69 Å². The first-order chi connectivity index (χ1) is 10.3. The van der Waals surface area contributed by atoms with E-state index in [-0.39, 0.29) is 0 Å². The van der Waals surface area contributed by atoms with E-state index < -0.39 is 0 Å². The van der Waals surface area contributed by atoms with Crippen LogP contribution in [0.1, 0.15) is 33.1 Å². The number of anilines is 1. The standard InChI is InChI=1S/C19H28N2/c1-3-21(4-2)16-9-5-8-15-20-19-14-10-12-17-11-6-7-13-18(17)19/h6-7,10-14,20H,3-5,8-9,15-16H2,1-2H3. The lowest BCUT2D eigenvalue weighted by atomic mass is 10.1. The molecule has 2 nitrogen and oxygen atoms in total. The topological polar surface area (TPSA) is 15.3 Å². The highest BCUT2D eigenvalue weighted by Gasteiger charge is 2.00. The van der Waals surface area contributed by atoms with E-state index in [1.165, 1.54) is 55.4 Å². The molecular formula is C19H28N2. The second-order valence-electron chi connectivity index (χ2n) is 5.54. The van der Waals surface area contributed by atoms with Crippen LogP contribution in [0.15, 0.2) is 42.5 Å². The molecule has 0 unspecified atom stereocenters. The number of fused-ring (bicyclic) bond motifs is 1. The van der Waals surface area contributed by atoms with Crippen LogP contribution in [-0.2, 0) is 0 Å². The van der Waals surface area contributed by atoms with Crippen LogP contribution in [-0.4, -0.2) is 31.1 Å². The Morgan fingerprint density at radius 3 is 2.43 bits per heavy atom. The molecule has 0 saturated carbocycles. The lowest BCUT2D eigenvalue weighted by Crippen LogP contribution is -2.23. The molecule has 2 aromatic carbocycles. The van der Waals surface area contributed by atoms with Gasteiger partial charge in [-0.05, 0) is 43.9 Å². The third-order valence-corrected chi connectivity index (χ3v) is 4.15. The van der Waals surface area contributed by atoms with Crippen LogP contribution in [0.3, 0.4) is 0 Å². The molecule has 0 radical (unpaired) electrons. The first-order valence-electron chi connectivity index (χ1n) is 8.29. The van der Waals surface area contributed by atoms with E-state index in [1.807, 2.05) is 0 Å². The van der Waals surface area contributed by atoms with Crippen LogP contribution in [0.2, 0.25) is 0 Å². The maximum atomic E-state index is 3.59. The molecule has 21 heavy (non-hydrogen) atoms. The number of nitrogens with zero attached hydrogens (tertiary/aromatic N) is 1. The van der Waals surface area contributed by atoms with Crippen LogP contribution in [0.5, 0.6) is 0 Å². The summed E-state index contributed by atoms with van der Waals surface area (Å²) in [7, 11) is 0. The highest BCUT2D eigenvalue weighted by atomic mass is 15.1. The zero-order valence-electron chi connectivity index (χ0n) is 13.4. The molecule has 114 valence electrons. The van der Waals surface area contributed by atoms with E-state index in [1.54, 1.807) is 0 Å². The van der Waals surface area contributed by atoms with Crippen molar-refractivity contribution in [2.45, 2.75) is 33.1 Å². The normalized spacial score (nSPS) is 11.2. The minimum absolute atomic E-state index is 1.06. The molecule has 2 heteroatoms. The summed E-state index contributed by atoms with van der Waals surface area (Å²) in [6.45, 7) is 9.13. The van der Waals surface area contributed by atoms with Gasteiger partial charge in [0.25, 0.3) is 0 Å². The minimum atomic E-state index is 1.06. The molecule has 2 rings (SSSR count). The van der Waals surface area contributed by atoms with Crippen molar-refractivity contribution in [3.8, 4) is 0 Å². The van der Waals surface area contributed by atoms with Gasteiger partial charge in [-0.25, -0.2) is 0 Å². The Bertz CT molecular complexity index is 527. The summed E-state index contributed by atoms with van der Waals surface area (Å²) in [4.78, 5) is 2.50. The summed E-state index contributed by atoms with van der Waals surface area (Å²) in [6, 6.07) is 15.0. The molecule has 0 bridgehead atoms. The Balaban J connectivity index is 1.73. The second kappa shape index (κ2) is 8.68. The maximum Gasteiger partial charge on any atom is 0.0419 e. The molecule has 0 spiro atoms. The summed E-state index contributed by atoms with van der Waals surface area (Å²) in [6.07, 6.45) is 3.84.